The lowest BCUT2D eigenvalue weighted by Crippen LogP contribution is -2.39. The summed E-state index contributed by atoms with van der Waals surface area (Å²) in [6, 6.07) is 11.8. The van der Waals surface area contributed by atoms with Crippen molar-refractivity contribution in [2.75, 3.05) is 13.1 Å². The normalized spacial score (nSPS) is 18.3. The Labute approximate surface area is 134 Å². The van der Waals surface area contributed by atoms with Crippen LogP contribution in [0.1, 0.15) is 34.9 Å². The van der Waals surface area contributed by atoms with E-state index in [1.165, 1.54) is 0 Å². The molecule has 1 aliphatic heterocycles. The zero-order chi connectivity index (χ0) is 15.6. The fourth-order valence-corrected chi connectivity index (χ4v) is 3.30. The van der Waals surface area contributed by atoms with Gasteiger partial charge in [0.25, 0.3) is 5.91 Å². The molecule has 1 aromatic carbocycles. The quantitative estimate of drug-likeness (QED) is 0.791. The predicted octanol–water partition coefficient (Wildman–Crippen LogP) is 2.98. The monoisotopic (exact) mass is 306 g/mol. The van der Waals surface area contributed by atoms with Crippen molar-refractivity contribution in [1.82, 2.24) is 19.9 Å². The van der Waals surface area contributed by atoms with Gasteiger partial charge in [-0.1, -0.05) is 18.2 Å². The van der Waals surface area contributed by atoms with Gasteiger partial charge in [-0.2, -0.15) is 0 Å². The van der Waals surface area contributed by atoms with Gasteiger partial charge >= 0.3 is 0 Å². The van der Waals surface area contributed by atoms with Gasteiger partial charge in [0.1, 0.15) is 12.0 Å². The van der Waals surface area contributed by atoms with Crippen LogP contribution < -0.4 is 0 Å². The van der Waals surface area contributed by atoms with Crippen molar-refractivity contribution < 1.29 is 4.79 Å². The van der Waals surface area contributed by atoms with E-state index in [0.29, 0.717) is 18.2 Å². The third-order valence-electron chi connectivity index (χ3n) is 4.49. The number of para-hydroxylation sites is 1. The molecule has 1 amide bonds. The Morgan fingerprint density at radius 2 is 2.17 bits per heavy atom. The van der Waals surface area contributed by atoms with Crippen molar-refractivity contribution >= 4 is 16.8 Å². The molecule has 4 rings (SSSR count). The SMILES string of the molecule is O=C(c1cc2ccccc2[nH]1)N1CCC[C@H](c2ccncn2)C1. The van der Waals surface area contributed by atoms with Gasteiger partial charge in [0.15, 0.2) is 0 Å². The molecule has 0 saturated carbocycles. The van der Waals surface area contributed by atoms with E-state index in [9.17, 15) is 4.79 Å². The van der Waals surface area contributed by atoms with Gasteiger partial charge in [-0.15, -0.1) is 0 Å². The van der Waals surface area contributed by atoms with Crippen molar-refractivity contribution in [3.63, 3.8) is 0 Å². The van der Waals surface area contributed by atoms with Crippen molar-refractivity contribution in [3.8, 4) is 0 Å². The molecule has 116 valence electrons. The highest BCUT2D eigenvalue weighted by atomic mass is 16.2. The second kappa shape index (κ2) is 5.83. The second-order valence-electron chi connectivity index (χ2n) is 5.99. The molecule has 0 spiro atoms. The number of likely N-dealkylation sites (tertiary alicyclic amines) is 1. The van der Waals surface area contributed by atoms with Crippen LogP contribution in [0.3, 0.4) is 0 Å². The maximum Gasteiger partial charge on any atom is 0.270 e. The Balaban J connectivity index is 1.56. The number of piperidine rings is 1. The molecule has 1 fully saturated rings. The number of fused-ring (bicyclic) bond motifs is 1. The predicted molar refractivity (Wildman–Crippen MR) is 88.2 cm³/mol. The molecule has 0 unspecified atom stereocenters. The number of amides is 1. The molecule has 1 N–H and O–H groups in total. The first-order valence-corrected chi connectivity index (χ1v) is 7.94. The molecule has 3 heterocycles. The van der Waals surface area contributed by atoms with Gasteiger partial charge in [0.05, 0.1) is 0 Å². The van der Waals surface area contributed by atoms with Crippen molar-refractivity contribution in [1.29, 1.82) is 0 Å². The van der Waals surface area contributed by atoms with Crippen LogP contribution in [-0.4, -0.2) is 38.8 Å². The highest BCUT2D eigenvalue weighted by molar-refractivity contribution is 5.98. The van der Waals surface area contributed by atoms with E-state index < -0.39 is 0 Å². The molecule has 0 bridgehead atoms. The number of rotatable bonds is 2. The summed E-state index contributed by atoms with van der Waals surface area (Å²) in [5, 5.41) is 1.07. The summed E-state index contributed by atoms with van der Waals surface area (Å²) >= 11 is 0. The minimum absolute atomic E-state index is 0.0694. The van der Waals surface area contributed by atoms with E-state index in [-0.39, 0.29) is 5.91 Å². The minimum Gasteiger partial charge on any atom is -0.351 e. The number of carbonyl (C=O) groups is 1. The molecule has 2 aromatic heterocycles. The lowest BCUT2D eigenvalue weighted by Gasteiger charge is -2.32. The van der Waals surface area contributed by atoms with Crippen molar-refractivity contribution in [3.05, 3.63) is 60.3 Å². The highest BCUT2D eigenvalue weighted by Crippen LogP contribution is 2.26. The van der Waals surface area contributed by atoms with E-state index in [2.05, 4.69) is 15.0 Å². The Hall–Kier alpha value is -2.69. The standard InChI is InChI=1S/C18H18N4O/c23-18(17-10-13-4-1-2-6-16(13)21-17)22-9-3-5-14(11-22)15-7-8-19-12-20-15/h1-2,4,6-8,10,12,14,21H,3,5,9,11H2/t14-/m0/s1. The van der Waals surface area contributed by atoms with Crippen LogP contribution in [0.2, 0.25) is 0 Å². The molecular formula is C18H18N4O. The molecule has 5 heteroatoms. The van der Waals surface area contributed by atoms with Crippen LogP contribution in [0.4, 0.5) is 0 Å². The molecule has 1 aliphatic rings. The van der Waals surface area contributed by atoms with E-state index in [1.54, 1.807) is 12.5 Å². The number of hydrogen-bond donors (Lipinski definition) is 1. The molecule has 1 atom stereocenters. The molecule has 5 nitrogen and oxygen atoms in total. The minimum atomic E-state index is 0.0694. The summed E-state index contributed by atoms with van der Waals surface area (Å²) in [7, 11) is 0. The van der Waals surface area contributed by atoms with Crippen LogP contribution in [0, 0.1) is 0 Å². The van der Waals surface area contributed by atoms with Crippen LogP contribution in [-0.2, 0) is 0 Å². The molecule has 23 heavy (non-hydrogen) atoms. The van der Waals surface area contributed by atoms with Crippen molar-refractivity contribution in [2.45, 2.75) is 18.8 Å². The topological polar surface area (TPSA) is 61.9 Å². The second-order valence-corrected chi connectivity index (χ2v) is 5.99. The maximum atomic E-state index is 12.8. The summed E-state index contributed by atoms with van der Waals surface area (Å²) in [5.41, 5.74) is 2.68. The van der Waals surface area contributed by atoms with E-state index >= 15 is 0 Å². The van der Waals surface area contributed by atoms with Gasteiger partial charge < -0.3 is 9.88 Å². The van der Waals surface area contributed by atoms with Crippen LogP contribution in [0.25, 0.3) is 10.9 Å². The zero-order valence-corrected chi connectivity index (χ0v) is 12.8. The Morgan fingerprint density at radius 3 is 3.00 bits per heavy atom. The number of nitrogens with zero attached hydrogens (tertiary/aromatic N) is 3. The maximum absolute atomic E-state index is 12.8. The number of benzene rings is 1. The molecule has 0 aliphatic carbocycles. The van der Waals surface area contributed by atoms with Crippen LogP contribution in [0.5, 0.6) is 0 Å². The number of aromatic amines is 1. The first-order chi connectivity index (χ1) is 11.3. The van der Waals surface area contributed by atoms with Gasteiger partial charge in [-0.05, 0) is 31.0 Å². The largest absolute Gasteiger partial charge is 0.351 e. The van der Waals surface area contributed by atoms with Gasteiger partial charge in [-0.3, -0.25) is 4.79 Å². The van der Waals surface area contributed by atoms with E-state index in [0.717, 1.165) is 36.0 Å². The Bertz CT molecular complexity index is 794. The third-order valence-corrected chi connectivity index (χ3v) is 4.49. The summed E-state index contributed by atoms with van der Waals surface area (Å²) < 4.78 is 0. The Kier molecular flexibility index (Phi) is 3.54. The van der Waals surface area contributed by atoms with Crippen LogP contribution in [0.15, 0.2) is 48.9 Å². The lowest BCUT2D eigenvalue weighted by molar-refractivity contribution is 0.0701. The number of nitrogens with one attached hydrogen (secondary N) is 1. The molecular weight excluding hydrogens is 288 g/mol. The summed E-state index contributed by atoms with van der Waals surface area (Å²) in [4.78, 5) is 26.3. The number of H-pyrrole nitrogens is 1. The first kappa shape index (κ1) is 13.9. The summed E-state index contributed by atoms with van der Waals surface area (Å²) in [6.45, 7) is 1.51. The molecule has 3 aromatic rings. The summed E-state index contributed by atoms with van der Waals surface area (Å²) in [6.07, 6.45) is 5.41. The lowest BCUT2D eigenvalue weighted by atomic mass is 9.94. The van der Waals surface area contributed by atoms with E-state index in [4.69, 9.17) is 0 Å². The average molecular weight is 306 g/mol. The van der Waals surface area contributed by atoms with Gasteiger partial charge in [0, 0.05) is 41.8 Å². The highest BCUT2D eigenvalue weighted by Gasteiger charge is 2.26. The van der Waals surface area contributed by atoms with Crippen molar-refractivity contribution in [2.24, 2.45) is 0 Å². The first-order valence-electron chi connectivity index (χ1n) is 7.94. The van der Waals surface area contributed by atoms with Gasteiger partial charge in [0.2, 0.25) is 0 Å². The molecule has 0 radical (unpaired) electrons. The number of carbonyl (C=O) groups excluding carboxylic acids is 1. The Morgan fingerprint density at radius 1 is 1.26 bits per heavy atom. The third kappa shape index (κ3) is 2.70. The zero-order valence-electron chi connectivity index (χ0n) is 12.8. The van der Waals surface area contributed by atoms with Crippen LogP contribution >= 0.6 is 0 Å². The fraction of sp³-hybridized carbons (Fsp3) is 0.278. The smallest absolute Gasteiger partial charge is 0.270 e. The summed E-state index contributed by atoms with van der Waals surface area (Å²) in [5.74, 6) is 0.361. The fourth-order valence-electron chi connectivity index (χ4n) is 3.30. The number of aromatic nitrogens is 3. The molecule has 1 saturated heterocycles. The van der Waals surface area contributed by atoms with E-state index in [1.807, 2.05) is 41.3 Å². The number of hydrogen-bond acceptors (Lipinski definition) is 3. The average Bonchev–Trinajstić information content (AvgIpc) is 3.06. The van der Waals surface area contributed by atoms with Gasteiger partial charge in [-0.25, -0.2) is 9.97 Å².